The molecule has 3 aromatic carbocycles. The molecule has 35 heavy (non-hydrogen) atoms. The van der Waals surface area contributed by atoms with E-state index in [0.29, 0.717) is 17.1 Å². The lowest BCUT2D eigenvalue weighted by Crippen LogP contribution is -2.30. The zero-order chi connectivity index (χ0) is 24.1. The van der Waals surface area contributed by atoms with Gasteiger partial charge < -0.3 is 9.15 Å². The van der Waals surface area contributed by atoms with Crippen LogP contribution in [0.1, 0.15) is 35.4 Å². The third-order valence-corrected chi connectivity index (χ3v) is 7.49. The van der Waals surface area contributed by atoms with Crippen LogP contribution in [0.25, 0.3) is 44.3 Å². The summed E-state index contributed by atoms with van der Waals surface area (Å²) in [6, 6.07) is 20.2. The average molecular weight is 467 g/mol. The number of pyridine rings is 1. The van der Waals surface area contributed by atoms with E-state index in [1.54, 1.807) is 6.07 Å². The number of ether oxygens (including phenoxy) is 1. The molecule has 0 radical (unpaired) electrons. The van der Waals surface area contributed by atoms with Crippen LogP contribution in [0.4, 0.5) is 4.39 Å². The van der Waals surface area contributed by atoms with Crippen LogP contribution in [0, 0.1) is 19.7 Å². The minimum Gasteiger partial charge on any atom is -0.454 e. The molecular weight excluding hydrogens is 437 g/mol. The Morgan fingerprint density at radius 3 is 2.31 bits per heavy atom. The monoisotopic (exact) mass is 466 g/mol. The highest BCUT2D eigenvalue weighted by Gasteiger charge is 2.24. The molecule has 0 saturated carbocycles. The lowest BCUT2D eigenvalue weighted by Gasteiger charge is -2.23. The topological polar surface area (TPSA) is 26.2 Å². The van der Waals surface area contributed by atoms with Crippen molar-refractivity contribution in [1.29, 1.82) is 0 Å². The number of rotatable bonds is 3. The van der Waals surface area contributed by atoms with Crippen molar-refractivity contribution in [2.24, 2.45) is 7.05 Å². The molecule has 0 bridgehead atoms. The van der Waals surface area contributed by atoms with E-state index in [4.69, 9.17) is 9.15 Å². The predicted molar refractivity (Wildman–Crippen MR) is 138 cm³/mol. The molecule has 0 N–H and O–H groups in total. The molecular formula is C31H29FNO2+. The summed E-state index contributed by atoms with van der Waals surface area (Å²) in [6.45, 7) is 5.77. The molecule has 6 rings (SSSR count). The van der Waals surface area contributed by atoms with Crippen molar-refractivity contribution in [3.63, 3.8) is 0 Å². The summed E-state index contributed by atoms with van der Waals surface area (Å²) in [6.07, 6.45) is 4.10. The highest BCUT2D eigenvalue weighted by molar-refractivity contribution is 6.13. The molecule has 0 spiro atoms. The maximum Gasteiger partial charge on any atom is 0.216 e. The van der Waals surface area contributed by atoms with Gasteiger partial charge in [-0.05, 0) is 73.1 Å². The van der Waals surface area contributed by atoms with Gasteiger partial charge in [0.25, 0.3) is 0 Å². The molecule has 2 aromatic heterocycles. The van der Waals surface area contributed by atoms with Gasteiger partial charge in [0.1, 0.15) is 24.0 Å². The number of furan rings is 1. The third-order valence-electron chi connectivity index (χ3n) is 7.49. The number of hydrogen-bond donors (Lipinski definition) is 0. The summed E-state index contributed by atoms with van der Waals surface area (Å²) in [4.78, 5) is 0. The van der Waals surface area contributed by atoms with E-state index in [9.17, 15) is 0 Å². The molecule has 1 aliphatic rings. The van der Waals surface area contributed by atoms with Crippen molar-refractivity contribution >= 4 is 21.9 Å². The third kappa shape index (κ3) is 3.64. The van der Waals surface area contributed by atoms with Gasteiger partial charge in [0, 0.05) is 36.1 Å². The van der Waals surface area contributed by atoms with Crippen molar-refractivity contribution in [3.8, 4) is 22.4 Å². The zero-order valence-corrected chi connectivity index (χ0v) is 20.4. The number of hydrogen-bond acceptors (Lipinski definition) is 2. The minimum absolute atomic E-state index is 0.262. The van der Waals surface area contributed by atoms with Crippen LogP contribution >= 0.6 is 0 Å². The van der Waals surface area contributed by atoms with Gasteiger partial charge in [0.2, 0.25) is 5.69 Å². The van der Waals surface area contributed by atoms with Crippen molar-refractivity contribution in [2.75, 3.05) is 13.2 Å². The Morgan fingerprint density at radius 2 is 1.57 bits per heavy atom. The van der Waals surface area contributed by atoms with E-state index in [1.807, 2.05) is 31.4 Å². The maximum atomic E-state index is 15.5. The van der Waals surface area contributed by atoms with E-state index in [0.717, 1.165) is 70.4 Å². The lowest BCUT2D eigenvalue weighted by molar-refractivity contribution is -0.660. The van der Waals surface area contributed by atoms with Gasteiger partial charge in [0.15, 0.2) is 6.20 Å². The first kappa shape index (κ1) is 22.0. The largest absolute Gasteiger partial charge is 0.454 e. The quantitative estimate of drug-likeness (QED) is 0.259. The molecule has 3 nitrogen and oxygen atoms in total. The van der Waals surface area contributed by atoms with Gasteiger partial charge in [-0.1, -0.05) is 30.3 Å². The summed E-state index contributed by atoms with van der Waals surface area (Å²) in [7, 11) is 2.03. The number of nitrogens with zero attached hydrogens (tertiary/aromatic N) is 1. The van der Waals surface area contributed by atoms with E-state index >= 15 is 4.39 Å². The van der Waals surface area contributed by atoms with Crippen LogP contribution in [0.3, 0.4) is 0 Å². The fourth-order valence-electron chi connectivity index (χ4n) is 5.58. The number of aromatic nitrogens is 1. The molecule has 0 atom stereocenters. The molecule has 3 heterocycles. The smallest absolute Gasteiger partial charge is 0.216 e. The van der Waals surface area contributed by atoms with Crippen molar-refractivity contribution < 1.29 is 18.1 Å². The molecule has 0 amide bonds. The predicted octanol–water partition coefficient (Wildman–Crippen LogP) is 7.39. The Kier molecular flexibility index (Phi) is 5.42. The van der Waals surface area contributed by atoms with E-state index in [-0.39, 0.29) is 5.82 Å². The second kappa shape index (κ2) is 8.62. The molecule has 4 heteroatoms. The van der Waals surface area contributed by atoms with Crippen LogP contribution in [-0.2, 0) is 11.8 Å². The Hall–Kier alpha value is -3.50. The normalized spacial score (nSPS) is 14.7. The SMILES string of the molecule is Cc1cc(C2CCOCC2)ccc1-c1c(F)ccc2c1oc1c(-c3cccc[n+]3C)c(C)ccc12. The van der Waals surface area contributed by atoms with E-state index in [1.165, 1.54) is 5.56 Å². The summed E-state index contributed by atoms with van der Waals surface area (Å²) in [5.41, 5.74) is 8.42. The van der Waals surface area contributed by atoms with Crippen molar-refractivity contribution in [3.05, 3.63) is 89.4 Å². The van der Waals surface area contributed by atoms with Gasteiger partial charge in [-0.25, -0.2) is 8.96 Å². The fourth-order valence-corrected chi connectivity index (χ4v) is 5.58. The first-order chi connectivity index (χ1) is 17.0. The first-order valence-electron chi connectivity index (χ1n) is 12.3. The number of halogens is 1. The van der Waals surface area contributed by atoms with Gasteiger partial charge in [-0.15, -0.1) is 0 Å². The molecule has 0 aliphatic carbocycles. The van der Waals surface area contributed by atoms with Gasteiger partial charge in [-0.3, -0.25) is 0 Å². The van der Waals surface area contributed by atoms with Crippen molar-refractivity contribution in [2.45, 2.75) is 32.6 Å². The van der Waals surface area contributed by atoms with E-state index in [2.05, 4.69) is 54.8 Å². The molecule has 0 unspecified atom stereocenters. The van der Waals surface area contributed by atoms with Crippen LogP contribution in [0.5, 0.6) is 0 Å². The fraction of sp³-hybridized carbons (Fsp3) is 0.258. The second-order valence-corrected chi connectivity index (χ2v) is 9.69. The molecule has 1 aliphatic heterocycles. The Balaban J connectivity index is 1.57. The van der Waals surface area contributed by atoms with Gasteiger partial charge >= 0.3 is 0 Å². The van der Waals surface area contributed by atoms with Gasteiger partial charge in [-0.2, -0.15) is 0 Å². The highest BCUT2D eigenvalue weighted by atomic mass is 19.1. The molecule has 5 aromatic rings. The summed E-state index contributed by atoms with van der Waals surface area (Å²) < 4.78 is 29.7. The second-order valence-electron chi connectivity index (χ2n) is 9.69. The Bertz CT molecular complexity index is 1580. The van der Waals surface area contributed by atoms with Crippen LogP contribution in [0.2, 0.25) is 0 Å². The number of benzene rings is 3. The van der Waals surface area contributed by atoms with Crippen LogP contribution < -0.4 is 4.57 Å². The summed E-state index contributed by atoms with van der Waals surface area (Å²) >= 11 is 0. The Labute approximate surface area is 204 Å². The van der Waals surface area contributed by atoms with E-state index < -0.39 is 0 Å². The number of fused-ring (bicyclic) bond motifs is 3. The standard InChI is InChI=1S/C31H29FNO2/c1-19-7-9-24-25-11-12-26(32)29(23-10-8-22(18-20(23)2)21-13-16-34-17-14-21)31(25)35-30(24)28(19)27-6-4-5-15-33(27)3/h4-12,15,18,21H,13-14,16-17H2,1-3H3/q+1. The highest BCUT2D eigenvalue weighted by Crippen LogP contribution is 2.42. The van der Waals surface area contributed by atoms with Crippen LogP contribution in [0.15, 0.2) is 71.3 Å². The molecule has 176 valence electrons. The Morgan fingerprint density at radius 1 is 0.829 bits per heavy atom. The lowest BCUT2D eigenvalue weighted by atomic mass is 9.88. The molecule has 1 fully saturated rings. The maximum absolute atomic E-state index is 15.5. The summed E-state index contributed by atoms with van der Waals surface area (Å²) in [5.74, 6) is 0.238. The first-order valence-corrected chi connectivity index (χ1v) is 12.3. The minimum atomic E-state index is -0.262. The molecule has 1 saturated heterocycles. The zero-order valence-electron chi connectivity index (χ0n) is 20.4. The average Bonchev–Trinajstić information content (AvgIpc) is 3.24. The number of aryl methyl sites for hydroxylation is 3. The summed E-state index contributed by atoms with van der Waals surface area (Å²) in [5, 5.41) is 1.94. The van der Waals surface area contributed by atoms with Crippen molar-refractivity contribution in [1.82, 2.24) is 0 Å². The van der Waals surface area contributed by atoms with Gasteiger partial charge in [0.05, 0.1) is 11.1 Å². The van der Waals surface area contributed by atoms with Crippen LogP contribution in [-0.4, -0.2) is 13.2 Å².